The van der Waals surface area contributed by atoms with Crippen LogP contribution in [0.15, 0.2) is 48.5 Å². The van der Waals surface area contributed by atoms with Crippen molar-refractivity contribution in [1.29, 1.82) is 0 Å². The molecule has 0 amide bonds. The van der Waals surface area contributed by atoms with Crippen LogP contribution in [-0.2, 0) is 13.0 Å². The minimum atomic E-state index is 0.577. The van der Waals surface area contributed by atoms with Gasteiger partial charge in [0.1, 0.15) is 5.75 Å². The SMILES string of the molecule is COc1ccc(Cc2cc(CN(C)C)nn2-c2ccc(Cl)cc2Cl)cc1. The van der Waals surface area contributed by atoms with Crippen LogP contribution in [0.2, 0.25) is 10.0 Å². The molecule has 0 N–H and O–H groups in total. The molecule has 26 heavy (non-hydrogen) atoms. The molecule has 0 radical (unpaired) electrons. The van der Waals surface area contributed by atoms with E-state index in [-0.39, 0.29) is 0 Å². The molecule has 0 saturated heterocycles. The highest BCUT2D eigenvalue weighted by molar-refractivity contribution is 6.35. The van der Waals surface area contributed by atoms with Crippen molar-refractivity contribution in [2.24, 2.45) is 0 Å². The Bertz CT molecular complexity index is 889. The molecule has 6 heteroatoms. The van der Waals surface area contributed by atoms with Gasteiger partial charge >= 0.3 is 0 Å². The maximum absolute atomic E-state index is 6.42. The van der Waals surface area contributed by atoms with Gasteiger partial charge < -0.3 is 9.64 Å². The number of halogens is 2. The van der Waals surface area contributed by atoms with E-state index in [9.17, 15) is 0 Å². The van der Waals surface area contributed by atoms with Gasteiger partial charge in [0.15, 0.2) is 0 Å². The smallest absolute Gasteiger partial charge is 0.118 e. The minimum Gasteiger partial charge on any atom is -0.497 e. The summed E-state index contributed by atoms with van der Waals surface area (Å²) >= 11 is 12.5. The number of benzene rings is 2. The van der Waals surface area contributed by atoms with Gasteiger partial charge in [-0.1, -0.05) is 35.3 Å². The topological polar surface area (TPSA) is 30.3 Å². The highest BCUT2D eigenvalue weighted by Gasteiger charge is 2.14. The van der Waals surface area contributed by atoms with E-state index in [1.165, 1.54) is 5.56 Å². The van der Waals surface area contributed by atoms with Crippen LogP contribution < -0.4 is 4.74 Å². The van der Waals surface area contributed by atoms with Crippen molar-refractivity contribution in [2.45, 2.75) is 13.0 Å². The van der Waals surface area contributed by atoms with Crippen LogP contribution in [0.5, 0.6) is 5.75 Å². The lowest BCUT2D eigenvalue weighted by Crippen LogP contribution is -2.11. The standard InChI is InChI=1S/C20H21Cl2N3O/c1-24(2)13-16-12-17(10-14-4-7-18(26-3)8-5-14)25(23-16)20-9-6-15(21)11-19(20)22/h4-9,11-12H,10,13H2,1-3H3. The Labute approximate surface area is 163 Å². The summed E-state index contributed by atoms with van der Waals surface area (Å²) in [5.74, 6) is 0.844. The van der Waals surface area contributed by atoms with Gasteiger partial charge in [0.05, 0.1) is 23.5 Å². The fourth-order valence-electron chi connectivity index (χ4n) is 2.82. The molecule has 1 aromatic heterocycles. The van der Waals surface area contributed by atoms with Crippen LogP contribution in [0, 0.1) is 0 Å². The highest BCUT2D eigenvalue weighted by atomic mass is 35.5. The first-order valence-electron chi connectivity index (χ1n) is 8.27. The fraction of sp³-hybridized carbons (Fsp3) is 0.250. The lowest BCUT2D eigenvalue weighted by molar-refractivity contribution is 0.395. The van der Waals surface area contributed by atoms with Gasteiger partial charge in [-0.05, 0) is 56.1 Å². The second-order valence-electron chi connectivity index (χ2n) is 6.40. The largest absolute Gasteiger partial charge is 0.497 e. The average molecular weight is 390 g/mol. The molecule has 0 aliphatic heterocycles. The molecule has 0 bridgehead atoms. The van der Waals surface area contributed by atoms with Gasteiger partial charge in [-0.15, -0.1) is 0 Å². The van der Waals surface area contributed by atoms with Crippen molar-refractivity contribution in [2.75, 3.05) is 21.2 Å². The maximum Gasteiger partial charge on any atom is 0.118 e. The van der Waals surface area contributed by atoms with E-state index in [4.69, 9.17) is 33.0 Å². The molecular weight excluding hydrogens is 369 g/mol. The Morgan fingerprint density at radius 1 is 1.04 bits per heavy atom. The molecule has 0 spiro atoms. The highest BCUT2D eigenvalue weighted by Crippen LogP contribution is 2.27. The lowest BCUT2D eigenvalue weighted by atomic mass is 10.1. The monoisotopic (exact) mass is 389 g/mol. The van der Waals surface area contributed by atoms with Gasteiger partial charge in [-0.2, -0.15) is 5.10 Å². The average Bonchev–Trinajstić information content (AvgIpc) is 2.96. The van der Waals surface area contributed by atoms with Crippen molar-refractivity contribution in [3.63, 3.8) is 0 Å². The second kappa shape index (κ2) is 8.12. The molecule has 4 nitrogen and oxygen atoms in total. The molecule has 2 aromatic carbocycles. The quantitative estimate of drug-likeness (QED) is 0.603. The number of aromatic nitrogens is 2. The van der Waals surface area contributed by atoms with Crippen molar-refractivity contribution >= 4 is 23.2 Å². The summed E-state index contributed by atoms with van der Waals surface area (Å²) in [6.45, 7) is 0.758. The molecule has 0 aliphatic carbocycles. The van der Waals surface area contributed by atoms with E-state index < -0.39 is 0 Å². The number of nitrogens with zero attached hydrogens (tertiary/aromatic N) is 3. The van der Waals surface area contributed by atoms with E-state index in [1.807, 2.05) is 43.0 Å². The third kappa shape index (κ3) is 4.39. The first-order chi connectivity index (χ1) is 12.5. The molecule has 0 saturated carbocycles. The van der Waals surface area contributed by atoms with Crippen LogP contribution in [0.25, 0.3) is 5.69 Å². The second-order valence-corrected chi connectivity index (χ2v) is 7.24. The first kappa shape index (κ1) is 18.8. The summed E-state index contributed by atoms with van der Waals surface area (Å²) in [4.78, 5) is 2.09. The molecule has 0 atom stereocenters. The zero-order valence-corrected chi connectivity index (χ0v) is 16.6. The molecule has 3 aromatic rings. The van der Waals surface area contributed by atoms with E-state index in [1.54, 1.807) is 13.2 Å². The molecule has 136 valence electrons. The molecule has 0 fully saturated rings. The Morgan fingerprint density at radius 3 is 2.38 bits per heavy atom. The summed E-state index contributed by atoms with van der Waals surface area (Å²) in [7, 11) is 5.72. The summed E-state index contributed by atoms with van der Waals surface area (Å²) in [6, 6.07) is 15.6. The molecule has 1 heterocycles. The van der Waals surface area contributed by atoms with Gasteiger partial charge in [0, 0.05) is 23.7 Å². The van der Waals surface area contributed by atoms with Gasteiger partial charge in [0.2, 0.25) is 0 Å². The predicted octanol–water partition coefficient (Wildman–Crippen LogP) is 4.84. The number of methoxy groups -OCH3 is 1. The van der Waals surface area contributed by atoms with Crippen LogP contribution in [0.3, 0.4) is 0 Å². The van der Waals surface area contributed by atoms with Gasteiger partial charge in [-0.25, -0.2) is 4.68 Å². The Balaban J connectivity index is 1.99. The predicted molar refractivity (Wildman–Crippen MR) is 107 cm³/mol. The van der Waals surface area contributed by atoms with Gasteiger partial charge in [0.25, 0.3) is 0 Å². The molecule has 3 rings (SSSR count). The number of hydrogen-bond acceptors (Lipinski definition) is 3. The summed E-state index contributed by atoms with van der Waals surface area (Å²) in [5.41, 5.74) is 4.05. The summed E-state index contributed by atoms with van der Waals surface area (Å²) < 4.78 is 7.14. The summed E-state index contributed by atoms with van der Waals surface area (Å²) in [6.07, 6.45) is 0.739. The van der Waals surface area contributed by atoms with Crippen LogP contribution in [0.4, 0.5) is 0 Å². The van der Waals surface area contributed by atoms with Crippen LogP contribution in [0.1, 0.15) is 17.0 Å². The van der Waals surface area contributed by atoms with Gasteiger partial charge in [-0.3, -0.25) is 0 Å². The van der Waals surface area contributed by atoms with Crippen molar-refractivity contribution in [1.82, 2.24) is 14.7 Å². The third-order valence-corrected chi connectivity index (χ3v) is 4.53. The molecule has 0 aliphatic rings. The van der Waals surface area contributed by atoms with Crippen molar-refractivity contribution in [3.05, 3.63) is 75.5 Å². The van der Waals surface area contributed by atoms with Crippen molar-refractivity contribution in [3.8, 4) is 11.4 Å². The number of ether oxygens (including phenoxy) is 1. The number of rotatable bonds is 6. The Kier molecular flexibility index (Phi) is 5.87. The van der Waals surface area contributed by atoms with E-state index in [0.29, 0.717) is 10.0 Å². The normalized spacial score (nSPS) is 11.2. The fourth-order valence-corrected chi connectivity index (χ4v) is 3.30. The van der Waals surface area contributed by atoms with Crippen LogP contribution in [-0.4, -0.2) is 35.9 Å². The Hall–Kier alpha value is -2.01. The Morgan fingerprint density at radius 2 is 1.77 bits per heavy atom. The number of hydrogen-bond donors (Lipinski definition) is 0. The zero-order chi connectivity index (χ0) is 18.7. The van der Waals surface area contributed by atoms with E-state index >= 15 is 0 Å². The minimum absolute atomic E-state index is 0.577. The van der Waals surface area contributed by atoms with Crippen molar-refractivity contribution < 1.29 is 4.74 Å². The first-order valence-corrected chi connectivity index (χ1v) is 9.03. The summed E-state index contributed by atoms with van der Waals surface area (Å²) in [5, 5.41) is 5.95. The lowest BCUT2D eigenvalue weighted by Gasteiger charge is -2.10. The third-order valence-electron chi connectivity index (χ3n) is 3.99. The van der Waals surface area contributed by atoms with E-state index in [0.717, 1.165) is 35.8 Å². The maximum atomic E-state index is 6.42. The molecular formula is C20H21Cl2N3O. The molecule has 0 unspecified atom stereocenters. The van der Waals surface area contributed by atoms with Crippen LogP contribution >= 0.6 is 23.2 Å². The van der Waals surface area contributed by atoms with E-state index in [2.05, 4.69) is 23.1 Å². The zero-order valence-electron chi connectivity index (χ0n) is 15.0.